The molecule has 1 aromatic rings. The van der Waals surface area contributed by atoms with Crippen LogP contribution in [0.3, 0.4) is 0 Å². The molecule has 0 amide bonds. The molecule has 2 rings (SSSR count). The number of rotatable bonds is 2. The van der Waals surface area contributed by atoms with Crippen molar-refractivity contribution >= 4 is 5.69 Å². The minimum atomic E-state index is 0.308. The van der Waals surface area contributed by atoms with Crippen LogP contribution < -0.4 is 11.1 Å². The van der Waals surface area contributed by atoms with Crippen molar-refractivity contribution in [3.63, 3.8) is 0 Å². The largest absolute Gasteiger partial charge is 0.508 e. The van der Waals surface area contributed by atoms with Gasteiger partial charge in [-0.3, -0.25) is 0 Å². The lowest BCUT2D eigenvalue weighted by atomic mass is 9.91. The summed E-state index contributed by atoms with van der Waals surface area (Å²) in [6, 6.07) is 5.20. The highest BCUT2D eigenvalue weighted by atomic mass is 16.3. The fourth-order valence-corrected chi connectivity index (χ4v) is 2.18. The molecule has 1 aliphatic rings. The van der Waals surface area contributed by atoms with Gasteiger partial charge in [0.15, 0.2) is 0 Å². The van der Waals surface area contributed by atoms with E-state index in [1.54, 1.807) is 18.2 Å². The van der Waals surface area contributed by atoms with Gasteiger partial charge in [0.05, 0.1) is 0 Å². The molecule has 1 aliphatic heterocycles. The van der Waals surface area contributed by atoms with Crippen molar-refractivity contribution in [3.8, 4) is 5.75 Å². The lowest BCUT2D eigenvalue weighted by Gasteiger charge is -2.23. The van der Waals surface area contributed by atoms with Gasteiger partial charge in [0.2, 0.25) is 0 Å². The number of nitrogen functional groups attached to an aromatic ring is 1. The monoisotopic (exact) mass is 206 g/mol. The number of nitrogens with two attached hydrogens (primary N) is 1. The number of aromatic hydroxyl groups is 1. The van der Waals surface area contributed by atoms with E-state index in [1.165, 1.54) is 12.8 Å². The Labute approximate surface area is 90.3 Å². The maximum Gasteiger partial charge on any atom is 0.116 e. The Bertz CT molecular complexity index is 332. The van der Waals surface area contributed by atoms with Gasteiger partial charge in [0.25, 0.3) is 0 Å². The molecule has 3 heteroatoms. The Morgan fingerprint density at radius 3 is 3.07 bits per heavy atom. The zero-order chi connectivity index (χ0) is 10.7. The highest BCUT2D eigenvalue weighted by Crippen LogP contribution is 2.23. The van der Waals surface area contributed by atoms with Gasteiger partial charge in [-0.2, -0.15) is 0 Å². The maximum absolute atomic E-state index is 9.40. The molecule has 1 fully saturated rings. The number of hydrogen-bond acceptors (Lipinski definition) is 3. The third kappa shape index (κ3) is 2.63. The van der Waals surface area contributed by atoms with Gasteiger partial charge in [-0.05, 0) is 62.0 Å². The Balaban J connectivity index is 2.05. The van der Waals surface area contributed by atoms with Crippen molar-refractivity contribution in [3.05, 3.63) is 23.8 Å². The van der Waals surface area contributed by atoms with Crippen LogP contribution in [0, 0.1) is 5.92 Å². The molecule has 3 nitrogen and oxygen atoms in total. The summed E-state index contributed by atoms with van der Waals surface area (Å²) in [5, 5.41) is 12.8. The van der Waals surface area contributed by atoms with Crippen LogP contribution in [0.5, 0.6) is 5.75 Å². The number of piperidine rings is 1. The Kier molecular flexibility index (Phi) is 3.11. The van der Waals surface area contributed by atoms with Crippen LogP contribution in [-0.2, 0) is 6.42 Å². The van der Waals surface area contributed by atoms with Crippen LogP contribution >= 0.6 is 0 Å². The zero-order valence-electron chi connectivity index (χ0n) is 8.87. The van der Waals surface area contributed by atoms with Gasteiger partial charge in [-0.1, -0.05) is 0 Å². The van der Waals surface area contributed by atoms with E-state index in [0.717, 1.165) is 30.8 Å². The van der Waals surface area contributed by atoms with Crippen molar-refractivity contribution in [2.45, 2.75) is 19.3 Å². The molecule has 15 heavy (non-hydrogen) atoms. The smallest absolute Gasteiger partial charge is 0.116 e. The van der Waals surface area contributed by atoms with Gasteiger partial charge < -0.3 is 16.2 Å². The Morgan fingerprint density at radius 1 is 1.47 bits per heavy atom. The van der Waals surface area contributed by atoms with Crippen LogP contribution in [0.25, 0.3) is 0 Å². The first-order valence-electron chi connectivity index (χ1n) is 5.54. The lowest BCUT2D eigenvalue weighted by molar-refractivity contribution is 0.376. The molecule has 1 atom stereocenters. The molecule has 4 N–H and O–H groups in total. The minimum Gasteiger partial charge on any atom is -0.508 e. The normalized spacial score (nSPS) is 21.5. The number of anilines is 1. The molecule has 0 aromatic heterocycles. The molecule has 82 valence electrons. The van der Waals surface area contributed by atoms with Gasteiger partial charge in [-0.15, -0.1) is 0 Å². The van der Waals surface area contributed by atoms with E-state index in [9.17, 15) is 5.11 Å². The van der Waals surface area contributed by atoms with Gasteiger partial charge in [0.1, 0.15) is 5.75 Å². The molecule has 0 spiro atoms. The fourth-order valence-electron chi connectivity index (χ4n) is 2.18. The highest BCUT2D eigenvalue weighted by Gasteiger charge is 2.14. The van der Waals surface area contributed by atoms with Gasteiger partial charge in [-0.25, -0.2) is 0 Å². The molecule has 0 bridgehead atoms. The second-order valence-electron chi connectivity index (χ2n) is 4.30. The average molecular weight is 206 g/mol. The Morgan fingerprint density at radius 2 is 2.33 bits per heavy atom. The second kappa shape index (κ2) is 4.53. The van der Waals surface area contributed by atoms with Crippen LogP contribution in [0.2, 0.25) is 0 Å². The number of phenolic OH excluding ortho intramolecular Hbond substituents is 1. The second-order valence-corrected chi connectivity index (χ2v) is 4.30. The highest BCUT2D eigenvalue weighted by molar-refractivity contribution is 5.50. The van der Waals surface area contributed by atoms with Crippen molar-refractivity contribution in [2.24, 2.45) is 5.92 Å². The molecule has 0 saturated carbocycles. The molecule has 0 radical (unpaired) electrons. The number of benzene rings is 1. The summed E-state index contributed by atoms with van der Waals surface area (Å²) in [7, 11) is 0. The SMILES string of the molecule is Nc1ccc(O)cc1CC1CCCNC1. The van der Waals surface area contributed by atoms with Crippen LogP contribution in [0.15, 0.2) is 18.2 Å². The zero-order valence-corrected chi connectivity index (χ0v) is 8.87. The van der Waals surface area contributed by atoms with E-state index in [1.807, 2.05) is 0 Å². The van der Waals surface area contributed by atoms with E-state index < -0.39 is 0 Å². The van der Waals surface area contributed by atoms with E-state index in [-0.39, 0.29) is 0 Å². The molecular weight excluding hydrogens is 188 g/mol. The fraction of sp³-hybridized carbons (Fsp3) is 0.500. The summed E-state index contributed by atoms with van der Waals surface area (Å²) < 4.78 is 0. The third-order valence-electron chi connectivity index (χ3n) is 3.03. The van der Waals surface area contributed by atoms with Crippen molar-refractivity contribution in [2.75, 3.05) is 18.8 Å². The number of hydrogen-bond donors (Lipinski definition) is 3. The molecule has 0 aliphatic carbocycles. The molecule has 1 saturated heterocycles. The maximum atomic E-state index is 9.40. The topological polar surface area (TPSA) is 58.3 Å². The van der Waals surface area contributed by atoms with Crippen molar-refractivity contribution in [1.82, 2.24) is 5.32 Å². The summed E-state index contributed by atoms with van der Waals surface area (Å²) in [5.74, 6) is 0.964. The number of nitrogens with one attached hydrogen (secondary N) is 1. The summed E-state index contributed by atoms with van der Waals surface area (Å²) in [6.07, 6.45) is 3.46. The lowest BCUT2D eigenvalue weighted by Crippen LogP contribution is -2.30. The number of phenols is 1. The van der Waals surface area contributed by atoms with Crippen LogP contribution in [-0.4, -0.2) is 18.2 Å². The van der Waals surface area contributed by atoms with Crippen molar-refractivity contribution < 1.29 is 5.11 Å². The van der Waals surface area contributed by atoms with E-state index in [2.05, 4.69) is 5.32 Å². The minimum absolute atomic E-state index is 0.308. The van der Waals surface area contributed by atoms with E-state index in [4.69, 9.17) is 5.73 Å². The molecule has 1 aromatic carbocycles. The quantitative estimate of drug-likeness (QED) is 0.508. The predicted octanol–water partition coefficient (Wildman–Crippen LogP) is 1.52. The Hall–Kier alpha value is -1.22. The van der Waals surface area contributed by atoms with Gasteiger partial charge >= 0.3 is 0 Å². The average Bonchev–Trinajstić information content (AvgIpc) is 2.25. The van der Waals surface area contributed by atoms with Gasteiger partial charge in [0, 0.05) is 5.69 Å². The summed E-state index contributed by atoms with van der Waals surface area (Å²) in [4.78, 5) is 0. The first-order valence-corrected chi connectivity index (χ1v) is 5.54. The first-order chi connectivity index (χ1) is 7.25. The van der Waals surface area contributed by atoms with Crippen LogP contribution in [0.1, 0.15) is 18.4 Å². The molecular formula is C12H18N2O. The standard InChI is InChI=1S/C12H18N2O/c13-12-4-3-11(15)7-10(12)6-9-2-1-5-14-8-9/h3-4,7,9,14-15H,1-2,5-6,8,13H2. The first kappa shape index (κ1) is 10.3. The third-order valence-corrected chi connectivity index (χ3v) is 3.03. The molecule has 1 heterocycles. The summed E-state index contributed by atoms with van der Waals surface area (Å²) >= 11 is 0. The van der Waals surface area contributed by atoms with E-state index >= 15 is 0 Å². The summed E-state index contributed by atoms with van der Waals surface area (Å²) in [6.45, 7) is 2.20. The van der Waals surface area contributed by atoms with Crippen LogP contribution in [0.4, 0.5) is 5.69 Å². The molecule has 1 unspecified atom stereocenters. The van der Waals surface area contributed by atoms with Crippen molar-refractivity contribution in [1.29, 1.82) is 0 Å². The summed E-state index contributed by atoms with van der Waals surface area (Å²) in [5.41, 5.74) is 7.74. The van der Waals surface area contributed by atoms with E-state index in [0.29, 0.717) is 11.7 Å². The predicted molar refractivity (Wildman–Crippen MR) is 61.8 cm³/mol.